The standard InChI is InChI=1S/C53H65N7O7/c1-3-26-59(27-4-2)53(67)42-30-40-21-22-41(31-44(40)57-48(54)32-42)52(66)56-43-28-38(33-55-34-43)18-23-47(62)45(29-36-12-8-7-9-13-36)58-49(63)15-11-6-5-10-14-46(61)39-19-16-37(17-20-39)35-60-50(64)24-25-51(60)65/h7-9,12-13,21-22,24-25,28,30-31,33-34,37,39,45H,3-6,10-11,14-20,23,26-27,29,32,35H2,1-2H3,(H2,54,57)(H,56,66)(H,58,63)/t37?,39?,45-/m0/s1. The van der Waals surface area contributed by atoms with Gasteiger partial charge in [0.05, 0.1) is 23.6 Å². The van der Waals surface area contributed by atoms with Crippen LogP contribution in [-0.2, 0) is 41.6 Å². The lowest BCUT2D eigenvalue weighted by atomic mass is 9.79. The number of hydrogen-bond acceptors (Lipinski definition) is 10. The molecule has 1 saturated carbocycles. The van der Waals surface area contributed by atoms with Crippen LogP contribution in [0.2, 0.25) is 0 Å². The van der Waals surface area contributed by atoms with Crippen LogP contribution in [0.15, 0.2) is 89.7 Å². The average Bonchev–Trinajstić information content (AvgIpc) is 3.53. The number of anilines is 1. The average molecular weight is 912 g/mol. The van der Waals surface area contributed by atoms with E-state index in [0.29, 0.717) is 79.2 Å². The number of benzene rings is 2. The summed E-state index contributed by atoms with van der Waals surface area (Å²) < 4.78 is 0. The first-order valence-corrected chi connectivity index (χ1v) is 24.0. The molecule has 354 valence electrons. The molecule has 14 heteroatoms. The number of imide groups is 1. The molecule has 2 aromatic carbocycles. The van der Waals surface area contributed by atoms with Crippen LogP contribution in [-0.4, -0.2) is 87.4 Å². The van der Waals surface area contributed by atoms with Crippen LogP contribution >= 0.6 is 0 Å². The Morgan fingerprint density at radius 3 is 2.22 bits per heavy atom. The summed E-state index contributed by atoms with van der Waals surface area (Å²) in [5, 5.41) is 5.89. The minimum atomic E-state index is -0.716. The molecule has 1 aromatic heterocycles. The van der Waals surface area contributed by atoms with E-state index in [9.17, 15) is 33.6 Å². The zero-order valence-electron chi connectivity index (χ0n) is 39.0. The normalized spacial score (nSPS) is 17.2. The maximum Gasteiger partial charge on any atom is 0.255 e. The van der Waals surface area contributed by atoms with Gasteiger partial charge in [0.2, 0.25) is 11.8 Å². The Balaban J connectivity index is 0.951. The van der Waals surface area contributed by atoms with Crippen LogP contribution in [0.3, 0.4) is 0 Å². The van der Waals surface area contributed by atoms with Crippen LogP contribution in [0.25, 0.3) is 6.08 Å². The predicted octanol–water partition coefficient (Wildman–Crippen LogP) is 7.63. The number of Topliss-reactive ketones (excluding diaryl/α,β-unsaturated/α-hetero) is 2. The Morgan fingerprint density at radius 1 is 0.821 bits per heavy atom. The summed E-state index contributed by atoms with van der Waals surface area (Å²) in [4.78, 5) is 103. The second-order valence-corrected chi connectivity index (χ2v) is 18.0. The number of aliphatic imine (C=N–C) groups is 1. The molecule has 3 heterocycles. The lowest BCUT2D eigenvalue weighted by Crippen LogP contribution is -2.42. The molecule has 5 amide bonds. The zero-order chi connectivity index (χ0) is 47.7. The van der Waals surface area contributed by atoms with Crippen molar-refractivity contribution in [2.75, 3.05) is 25.0 Å². The van der Waals surface area contributed by atoms with Crippen molar-refractivity contribution in [2.24, 2.45) is 22.6 Å². The van der Waals surface area contributed by atoms with E-state index < -0.39 is 6.04 Å². The molecule has 0 unspecified atom stereocenters. The van der Waals surface area contributed by atoms with Crippen LogP contribution < -0.4 is 16.4 Å². The van der Waals surface area contributed by atoms with E-state index in [-0.39, 0.29) is 72.2 Å². The van der Waals surface area contributed by atoms with Gasteiger partial charge in [-0.1, -0.05) is 63.1 Å². The van der Waals surface area contributed by atoms with Gasteiger partial charge in [-0.25, -0.2) is 4.99 Å². The van der Waals surface area contributed by atoms with E-state index in [2.05, 4.69) is 20.6 Å². The van der Waals surface area contributed by atoms with Gasteiger partial charge in [0.15, 0.2) is 5.78 Å². The third-order valence-corrected chi connectivity index (χ3v) is 12.7. The van der Waals surface area contributed by atoms with Crippen molar-refractivity contribution in [1.29, 1.82) is 0 Å². The maximum absolute atomic E-state index is 13.7. The van der Waals surface area contributed by atoms with Gasteiger partial charge in [0.1, 0.15) is 11.6 Å². The maximum atomic E-state index is 13.7. The van der Waals surface area contributed by atoms with E-state index >= 15 is 0 Å². The SMILES string of the molecule is CCCN(CCC)C(=O)C1=Cc2ccc(C(=O)Nc3cncc(CCC(=O)[C@H](Cc4ccccc4)NC(=O)CCCCCCC(=O)C4CCC(CN5C(=O)C=CC5=O)CC4)c3)cc2N=C(N)C1. The molecule has 0 radical (unpaired) electrons. The Labute approximate surface area is 393 Å². The molecule has 6 rings (SSSR count). The minimum Gasteiger partial charge on any atom is -0.387 e. The number of ketones is 2. The number of amides is 5. The molecule has 4 N–H and O–H groups in total. The fourth-order valence-electron chi connectivity index (χ4n) is 9.11. The lowest BCUT2D eigenvalue weighted by Gasteiger charge is -2.30. The quantitative estimate of drug-likeness (QED) is 0.0597. The van der Waals surface area contributed by atoms with E-state index in [1.165, 1.54) is 23.2 Å². The number of aromatic nitrogens is 1. The molecule has 0 saturated heterocycles. The number of pyridine rings is 1. The Bertz CT molecular complexity index is 2340. The van der Waals surface area contributed by atoms with E-state index in [0.717, 1.165) is 68.9 Å². The van der Waals surface area contributed by atoms with Gasteiger partial charge in [-0.3, -0.25) is 43.4 Å². The summed E-state index contributed by atoms with van der Waals surface area (Å²) in [6.45, 7) is 5.81. The molecule has 1 fully saturated rings. The van der Waals surface area contributed by atoms with Crippen LogP contribution in [0.5, 0.6) is 0 Å². The summed E-state index contributed by atoms with van der Waals surface area (Å²) >= 11 is 0. The topological polar surface area (TPSA) is 201 Å². The lowest BCUT2D eigenvalue weighted by molar-refractivity contribution is -0.138. The first-order valence-electron chi connectivity index (χ1n) is 24.0. The summed E-state index contributed by atoms with van der Waals surface area (Å²) in [5.41, 5.74) is 10.5. The number of nitrogens with two attached hydrogens (primary N) is 1. The van der Waals surface area contributed by atoms with Crippen molar-refractivity contribution < 1.29 is 33.6 Å². The molecule has 1 aliphatic carbocycles. The molecule has 1 atom stereocenters. The van der Waals surface area contributed by atoms with Gasteiger partial charge in [0.25, 0.3) is 17.7 Å². The summed E-state index contributed by atoms with van der Waals surface area (Å²) in [5.74, 6) is -0.437. The Hall–Kier alpha value is -6.57. The molecular weight excluding hydrogens is 847 g/mol. The first kappa shape index (κ1) is 49.9. The number of amidine groups is 1. The highest BCUT2D eigenvalue weighted by Crippen LogP contribution is 2.32. The van der Waals surface area contributed by atoms with Gasteiger partial charge in [-0.15, -0.1) is 0 Å². The third kappa shape index (κ3) is 14.7. The highest BCUT2D eigenvalue weighted by atomic mass is 16.2. The van der Waals surface area contributed by atoms with Crippen LogP contribution in [0.1, 0.15) is 131 Å². The molecule has 3 aromatic rings. The zero-order valence-corrected chi connectivity index (χ0v) is 39.0. The van der Waals surface area contributed by atoms with Crippen molar-refractivity contribution in [3.63, 3.8) is 0 Å². The van der Waals surface area contributed by atoms with Crippen LogP contribution in [0.4, 0.5) is 11.4 Å². The smallest absolute Gasteiger partial charge is 0.255 e. The minimum absolute atomic E-state index is 0.0261. The van der Waals surface area contributed by atoms with Crippen molar-refractivity contribution in [1.82, 2.24) is 20.1 Å². The summed E-state index contributed by atoms with van der Waals surface area (Å²) in [6, 6.07) is 15.7. The number of carbonyl (C=O) groups excluding carboxylic acids is 7. The number of unbranched alkanes of at least 4 members (excludes halogenated alkanes) is 3. The molecule has 0 spiro atoms. The van der Waals surface area contributed by atoms with E-state index in [1.54, 1.807) is 30.5 Å². The predicted molar refractivity (Wildman–Crippen MR) is 259 cm³/mol. The molecule has 0 bridgehead atoms. The number of hydrogen-bond donors (Lipinski definition) is 3. The number of rotatable bonds is 24. The Morgan fingerprint density at radius 2 is 1.52 bits per heavy atom. The van der Waals surface area contributed by atoms with Crippen molar-refractivity contribution in [2.45, 2.75) is 123 Å². The van der Waals surface area contributed by atoms with Crippen molar-refractivity contribution in [3.05, 3.63) is 107 Å². The fraction of sp³-hybridized carbons (Fsp3) is 0.453. The molecule has 3 aliphatic rings. The van der Waals surface area contributed by atoms with Gasteiger partial charge in [0, 0.05) is 86.3 Å². The molecule has 67 heavy (non-hydrogen) atoms. The number of fused-ring (bicyclic) bond motifs is 1. The van der Waals surface area contributed by atoms with Crippen molar-refractivity contribution >= 4 is 64.4 Å². The fourth-order valence-corrected chi connectivity index (χ4v) is 9.11. The molecule has 2 aliphatic heterocycles. The van der Waals surface area contributed by atoms with Crippen molar-refractivity contribution in [3.8, 4) is 0 Å². The number of nitrogens with one attached hydrogen (secondary N) is 2. The number of nitrogens with zero attached hydrogens (tertiary/aromatic N) is 4. The second kappa shape index (κ2) is 24.8. The van der Waals surface area contributed by atoms with Gasteiger partial charge < -0.3 is 21.3 Å². The highest BCUT2D eigenvalue weighted by Gasteiger charge is 2.31. The van der Waals surface area contributed by atoms with E-state index in [1.807, 2.05) is 55.2 Å². The molecule has 14 nitrogen and oxygen atoms in total. The highest BCUT2D eigenvalue weighted by molar-refractivity contribution is 6.13. The van der Waals surface area contributed by atoms with Gasteiger partial charge >= 0.3 is 0 Å². The van der Waals surface area contributed by atoms with E-state index in [4.69, 9.17) is 5.73 Å². The molecular formula is C53H65N7O7. The number of aryl methyl sites for hydroxylation is 1. The van der Waals surface area contributed by atoms with Crippen LogP contribution in [0, 0.1) is 11.8 Å². The third-order valence-electron chi connectivity index (χ3n) is 12.7. The van der Waals surface area contributed by atoms with Gasteiger partial charge in [-0.05, 0) is 106 Å². The second-order valence-electron chi connectivity index (χ2n) is 18.0. The number of carbonyl (C=O) groups is 7. The summed E-state index contributed by atoms with van der Waals surface area (Å²) in [6.07, 6.45) is 17.4. The Kier molecular flexibility index (Phi) is 18.5. The monoisotopic (exact) mass is 911 g/mol. The van der Waals surface area contributed by atoms with Gasteiger partial charge in [-0.2, -0.15) is 0 Å². The largest absolute Gasteiger partial charge is 0.387 e. The summed E-state index contributed by atoms with van der Waals surface area (Å²) in [7, 11) is 0. The first-order chi connectivity index (χ1) is 32.4.